The third kappa shape index (κ3) is 11.8. The van der Waals surface area contributed by atoms with Gasteiger partial charge in [-0.15, -0.1) is 11.3 Å². The molecule has 1 saturated carbocycles. The molecule has 3 aromatic heterocycles. The Morgan fingerprint density at radius 3 is 2.38 bits per heavy atom. The summed E-state index contributed by atoms with van der Waals surface area (Å²) in [6.45, 7) is 16.4. The molecule has 1 aliphatic carbocycles. The number of nitrogens with zero attached hydrogens (tertiary/aromatic N) is 8. The second kappa shape index (κ2) is 23.8. The number of carbonyl (C=O) groups is 3. The zero-order valence-electron chi connectivity index (χ0n) is 49.5. The molecule has 6 aromatic rings. The molecule has 19 heteroatoms. The van der Waals surface area contributed by atoms with Gasteiger partial charge in [-0.3, -0.25) is 29.2 Å². The van der Waals surface area contributed by atoms with Crippen LogP contribution >= 0.6 is 11.3 Å². The summed E-state index contributed by atoms with van der Waals surface area (Å²) in [6, 6.07) is 16.6. The van der Waals surface area contributed by atoms with Crippen molar-refractivity contribution in [2.75, 3.05) is 57.3 Å². The molecule has 6 aliphatic rings. The minimum atomic E-state index is -0.900. The molecule has 84 heavy (non-hydrogen) atoms. The highest BCUT2D eigenvalue weighted by atomic mass is 32.1. The maximum absolute atomic E-state index is 17.3. The molecule has 2 bridgehead atoms. The molecule has 0 unspecified atom stereocenters. The van der Waals surface area contributed by atoms with Crippen molar-refractivity contribution in [3.05, 3.63) is 88.9 Å². The highest BCUT2D eigenvalue weighted by Crippen LogP contribution is 2.47. The number of phenols is 1. The quantitative estimate of drug-likeness (QED) is 0.0653. The average molecular weight is 1160 g/mol. The number of amides is 3. The summed E-state index contributed by atoms with van der Waals surface area (Å²) in [5.74, 6) is -0.806. The number of anilines is 1. The number of β-amino-alcohol motifs (C(OH)–C–C–N with tert-alkyl or cyclic N) is 1. The van der Waals surface area contributed by atoms with E-state index in [1.807, 2.05) is 82.6 Å². The van der Waals surface area contributed by atoms with Crippen LogP contribution in [0.15, 0.2) is 66.3 Å². The van der Waals surface area contributed by atoms with E-state index in [9.17, 15) is 24.6 Å². The van der Waals surface area contributed by atoms with Crippen molar-refractivity contribution >= 4 is 56.6 Å². The van der Waals surface area contributed by atoms with Gasteiger partial charge in [0.1, 0.15) is 41.5 Å². The molecule has 5 saturated heterocycles. The van der Waals surface area contributed by atoms with Gasteiger partial charge in [0.15, 0.2) is 5.82 Å². The first kappa shape index (κ1) is 58.0. The molecule has 1 spiro atoms. The Bertz CT molecular complexity index is 3400. The number of benzene rings is 3. The van der Waals surface area contributed by atoms with Gasteiger partial charge in [-0.25, -0.2) is 9.37 Å². The van der Waals surface area contributed by atoms with Gasteiger partial charge >= 0.3 is 6.01 Å². The molecule has 0 radical (unpaired) electrons. The van der Waals surface area contributed by atoms with Crippen molar-refractivity contribution in [3.63, 3.8) is 0 Å². The number of fused-ring (bicyclic) bond motifs is 4. The van der Waals surface area contributed by atoms with E-state index in [0.717, 1.165) is 141 Å². The van der Waals surface area contributed by atoms with Crippen LogP contribution in [0.3, 0.4) is 0 Å². The number of aliphatic hydroxyl groups excluding tert-OH is 1. The number of nitrogens with one attached hydrogen (secondary N) is 3. The first-order chi connectivity index (χ1) is 40.4. The van der Waals surface area contributed by atoms with Gasteiger partial charge in [0.2, 0.25) is 17.7 Å². The van der Waals surface area contributed by atoms with Gasteiger partial charge in [-0.1, -0.05) is 70.2 Å². The third-order valence-corrected chi connectivity index (χ3v) is 20.5. The van der Waals surface area contributed by atoms with Crippen molar-refractivity contribution in [3.8, 4) is 33.5 Å². The Morgan fingerprint density at radius 1 is 0.929 bits per heavy atom. The topological polar surface area (TPSA) is 202 Å². The van der Waals surface area contributed by atoms with Crippen LogP contribution in [0.2, 0.25) is 0 Å². The van der Waals surface area contributed by atoms with Crippen molar-refractivity contribution < 1.29 is 33.7 Å². The number of likely N-dealkylation sites (tertiary alicyclic amines) is 3. The first-order valence-corrected chi connectivity index (χ1v) is 31.6. The van der Waals surface area contributed by atoms with Gasteiger partial charge in [0.05, 0.1) is 40.2 Å². The highest BCUT2D eigenvalue weighted by Gasteiger charge is 2.46. The molecule has 3 amide bonds. The fourth-order valence-electron chi connectivity index (χ4n) is 14.8. The van der Waals surface area contributed by atoms with Gasteiger partial charge in [0, 0.05) is 62.0 Å². The molecular formula is C65H82FN11O6S. The number of aliphatic hydroxyl groups is 1. The Morgan fingerprint density at radius 2 is 1.68 bits per heavy atom. The van der Waals surface area contributed by atoms with Crippen LogP contribution in [0, 0.1) is 23.6 Å². The van der Waals surface area contributed by atoms with Crippen molar-refractivity contribution in [1.29, 1.82) is 0 Å². The number of rotatable bonds is 15. The Kier molecular flexibility index (Phi) is 16.5. The number of piperidine rings is 1. The Hall–Kier alpha value is -6.38. The number of hydrogen-bond donors (Lipinski definition) is 5. The van der Waals surface area contributed by atoms with Gasteiger partial charge < -0.3 is 40.7 Å². The Labute approximate surface area is 496 Å². The Balaban J connectivity index is 0.657. The van der Waals surface area contributed by atoms with E-state index in [0.29, 0.717) is 41.5 Å². The minimum absolute atomic E-state index is 0.0143. The number of aromatic nitrogens is 4. The highest BCUT2D eigenvalue weighted by molar-refractivity contribution is 7.13. The second-order valence-corrected chi connectivity index (χ2v) is 27.0. The number of phenolic OH excluding ortho intramolecular Hbond substituents is 1. The summed E-state index contributed by atoms with van der Waals surface area (Å²) in [5, 5.41) is 33.8. The summed E-state index contributed by atoms with van der Waals surface area (Å²) in [5.41, 5.74) is 6.20. The molecule has 446 valence electrons. The minimum Gasteiger partial charge on any atom is -0.508 e. The summed E-state index contributed by atoms with van der Waals surface area (Å²) in [6.07, 6.45) is 12.3. The molecule has 5 aliphatic heterocycles. The molecular weight excluding hydrogens is 1080 g/mol. The summed E-state index contributed by atoms with van der Waals surface area (Å²) < 4.78 is 24.0. The number of carbonyl (C=O) groups excluding carboxylic acids is 3. The van der Waals surface area contributed by atoms with Crippen LogP contribution < -0.4 is 25.6 Å². The monoisotopic (exact) mass is 1160 g/mol. The number of thiazole rings is 1. The van der Waals surface area contributed by atoms with Crippen molar-refractivity contribution in [2.45, 2.75) is 167 Å². The third-order valence-electron chi connectivity index (χ3n) is 19.5. The zero-order chi connectivity index (χ0) is 58.6. The lowest BCUT2D eigenvalue weighted by molar-refractivity contribution is -0.144. The lowest BCUT2D eigenvalue weighted by atomic mass is 9.66. The predicted octanol–water partition coefficient (Wildman–Crippen LogP) is 8.86. The molecule has 12 rings (SSSR count). The van der Waals surface area contributed by atoms with Crippen LogP contribution in [-0.4, -0.2) is 157 Å². The van der Waals surface area contributed by atoms with Crippen LogP contribution in [0.1, 0.15) is 128 Å². The number of ether oxygens (including phenoxy) is 1. The fraction of sp³-hybridized carbons (Fsp3) is 0.554. The van der Waals surface area contributed by atoms with Crippen molar-refractivity contribution in [2.24, 2.45) is 10.8 Å². The van der Waals surface area contributed by atoms with E-state index in [-0.39, 0.29) is 77.7 Å². The molecule has 3 aromatic carbocycles. The zero-order valence-corrected chi connectivity index (χ0v) is 50.3. The lowest BCUT2D eigenvalue weighted by Gasteiger charge is -2.48. The molecule has 7 atom stereocenters. The number of pyridine rings is 1. The largest absolute Gasteiger partial charge is 0.508 e. The summed E-state index contributed by atoms with van der Waals surface area (Å²) in [7, 11) is 0. The van der Waals surface area contributed by atoms with E-state index in [2.05, 4.69) is 42.6 Å². The molecule has 6 fully saturated rings. The summed E-state index contributed by atoms with van der Waals surface area (Å²) in [4.78, 5) is 71.0. The molecule has 5 N–H and O–H groups in total. The number of aromatic hydroxyl groups is 1. The van der Waals surface area contributed by atoms with Crippen LogP contribution in [0.25, 0.3) is 43.4 Å². The SMILES string of the molecule is CCc1cccc2cc(O)cc(-c3ncc4c(N5C[C@H]6CC[C@@H](C5)N6)nc(OC[C@@H]5CCCN5C5CCC6(CC5)CCN(CC(=O)N[C@H](C(=O)N5C[C@H](O)C[C@H]5C(=O)N[C@@H](C)c5ccc(-c7scnc7C)cc5)C(C)(C)C)CC6)nc4c3F)c12. The van der Waals surface area contributed by atoms with Crippen LogP contribution in [0.5, 0.6) is 11.8 Å². The average Bonchev–Trinajstić information content (AvgIpc) is 1.50. The van der Waals surface area contributed by atoms with E-state index in [1.165, 1.54) is 4.90 Å². The molecule has 17 nitrogen and oxygen atoms in total. The maximum Gasteiger partial charge on any atom is 0.319 e. The number of hydrogen-bond acceptors (Lipinski definition) is 15. The standard InChI is InChI=1S/C65H82FN11O6S/c1-7-40-10-8-11-43-28-48(78)29-50(54(40)43)56-55(66)57-51(31-67-56)60(75-32-44-17-18-45(33-75)70-44)73-63(72-57)83-36-47-12-9-25-76(47)46-19-21-65(22-20-46)23-26-74(27-24-65)35-53(80)71-59(64(4,5)6)62(82)77-34-49(79)30-52(77)61(81)69-38(2)41-13-15-42(16-14-41)58-39(3)68-37-84-58/h8,10-11,13-16,28-29,31,37-38,44-47,49,52,59,70,78-79H,7,9,12,17-27,30,32-36H2,1-6H3,(H,69,81)(H,71,80)/t38-,44-,45+,47-,49+,52-,59+/m0/s1. The van der Waals surface area contributed by atoms with Gasteiger partial charge in [0.25, 0.3) is 0 Å². The van der Waals surface area contributed by atoms with E-state index >= 15 is 4.39 Å². The maximum atomic E-state index is 17.3. The first-order valence-electron chi connectivity index (χ1n) is 30.7. The fourth-order valence-corrected chi connectivity index (χ4v) is 15.6. The van der Waals surface area contributed by atoms with Crippen LogP contribution in [-0.2, 0) is 20.8 Å². The van der Waals surface area contributed by atoms with Crippen LogP contribution in [0.4, 0.5) is 10.2 Å². The van der Waals surface area contributed by atoms with E-state index < -0.39 is 29.4 Å². The lowest BCUT2D eigenvalue weighted by Crippen LogP contribution is -2.59. The van der Waals surface area contributed by atoms with Gasteiger partial charge in [-0.05, 0) is 155 Å². The second-order valence-electron chi connectivity index (χ2n) is 26.2. The predicted molar refractivity (Wildman–Crippen MR) is 325 cm³/mol. The van der Waals surface area contributed by atoms with Crippen molar-refractivity contribution in [1.82, 2.24) is 50.6 Å². The number of piperazine rings is 1. The van der Waals surface area contributed by atoms with E-state index in [1.54, 1.807) is 29.7 Å². The molecule has 8 heterocycles. The van der Waals surface area contributed by atoms with E-state index in [4.69, 9.17) is 19.7 Å². The summed E-state index contributed by atoms with van der Waals surface area (Å²) >= 11 is 1.59. The number of halogens is 1. The number of aryl methyl sites for hydroxylation is 2. The normalized spacial score (nSPS) is 23.8. The van der Waals surface area contributed by atoms with Gasteiger partial charge in [-0.2, -0.15) is 9.97 Å². The smallest absolute Gasteiger partial charge is 0.319 e.